The number of benzene rings is 1. The number of aryl methyl sites for hydroxylation is 2. The van der Waals surface area contributed by atoms with Crippen LogP contribution in [-0.2, 0) is 0 Å². The third kappa shape index (κ3) is 1.72. The summed E-state index contributed by atoms with van der Waals surface area (Å²) in [6, 6.07) is 6.15. The highest BCUT2D eigenvalue weighted by atomic mass is 32.1. The molecule has 4 nitrogen and oxygen atoms in total. The molecule has 0 aliphatic carbocycles. The van der Waals surface area contributed by atoms with Gasteiger partial charge in [0.1, 0.15) is 0 Å². The second-order valence-corrected chi connectivity index (χ2v) is 3.79. The lowest BCUT2D eigenvalue weighted by Crippen LogP contribution is -1.95. The summed E-state index contributed by atoms with van der Waals surface area (Å²) in [5.41, 5.74) is 3.48. The summed E-state index contributed by atoms with van der Waals surface area (Å²) < 4.78 is 3.70. The van der Waals surface area contributed by atoms with Crippen LogP contribution in [0.5, 0.6) is 0 Å². The van der Waals surface area contributed by atoms with Crippen molar-refractivity contribution in [1.29, 1.82) is 0 Å². The van der Waals surface area contributed by atoms with Gasteiger partial charge in [-0.2, -0.15) is 0 Å². The van der Waals surface area contributed by atoms with Gasteiger partial charge in [0, 0.05) is 17.2 Å². The third-order valence-corrected chi connectivity index (χ3v) is 2.52. The minimum absolute atomic E-state index is 0.724. The van der Waals surface area contributed by atoms with Gasteiger partial charge < -0.3 is 5.32 Å². The Morgan fingerprint density at radius 2 is 1.93 bits per heavy atom. The van der Waals surface area contributed by atoms with Crippen molar-refractivity contribution >= 4 is 22.4 Å². The molecule has 2 aromatic rings. The standard InChI is InChI=1S/C9H10N4S/c1-6-4-3-5-7(2)8(6)10-9-11-12-13-14-9/h3-5H,1-2H3,(H,10,11,13). The number of nitrogens with zero attached hydrogens (tertiary/aromatic N) is 3. The fourth-order valence-corrected chi connectivity index (χ4v) is 1.67. The average molecular weight is 206 g/mol. The summed E-state index contributed by atoms with van der Waals surface area (Å²) in [7, 11) is 0. The Morgan fingerprint density at radius 3 is 2.50 bits per heavy atom. The number of aromatic nitrogens is 3. The normalized spacial score (nSPS) is 10.1. The van der Waals surface area contributed by atoms with E-state index in [4.69, 9.17) is 0 Å². The molecule has 14 heavy (non-hydrogen) atoms. The molecule has 0 spiro atoms. The first-order valence-electron chi connectivity index (χ1n) is 4.25. The highest BCUT2D eigenvalue weighted by Crippen LogP contribution is 2.23. The molecule has 1 heterocycles. The van der Waals surface area contributed by atoms with Gasteiger partial charge in [0.15, 0.2) is 0 Å². The van der Waals surface area contributed by atoms with Gasteiger partial charge in [-0.05, 0) is 30.2 Å². The van der Waals surface area contributed by atoms with E-state index in [0.717, 1.165) is 10.8 Å². The van der Waals surface area contributed by atoms with Gasteiger partial charge in [-0.25, -0.2) is 0 Å². The van der Waals surface area contributed by atoms with E-state index >= 15 is 0 Å². The van der Waals surface area contributed by atoms with Crippen LogP contribution >= 0.6 is 11.5 Å². The molecule has 0 fully saturated rings. The van der Waals surface area contributed by atoms with E-state index in [0.29, 0.717) is 0 Å². The van der Waals surface area contributed by atoms with Crippen molar-refractivity contribution in [3.63, 3.8) is 0 Å². The van der Waals surface area contributed by atoms with Crippen molar-refractivity contribution in [1.82, 2.24) is 14.8 Å². The molecule has 0 atom stereocenters. The van der Waals surface area contributed by atoms with E-state index in [1.807, 2.05) is 6.07 Å². The molecule has 2 rings (SSSR count). The average Bonchev–Trinajstić information content (AvgIpc) is 2.64. The van der Waals surface area contributed by atoms with Crippen LogP contribution < -0.4 is 5.32 Å². The van der Waals surface area contributed by atoms with Crippen LogP contribution in [0.3, 0.4) is 0 Å². The zero-order chi connectivity index (χ0) is 9.97. The lowest BCUT2D eigenvalue weighted by Gasteiger charge is -2.08. The Hall–Kier alpha value is -1.49. The van der Waals surface area contributed by atoms with Crippen molar-refractivity contribution < 1.29 is 0 Å². The molecule has 0 radical (unpaired) electrons. The van der Waals surface area contributed by atoms with Crippen LogP contribution in [0.15, 0.2) is 18.2 Å². The molecule has 0 saturated heterocycles. The van der Waals surface area contributed by atoms with E-state index < -0.39 is 0 Å². The molecular weight excluding hydrogens is 196 g/mol. The van der Waals surface area contributed by atoms with E-state index in [1.54, 1.807) is 0 Å². The van der Waals surface area contributed by atoms with Crippen LogP contribution in [0.4, 0.5) is 10.8 Å². The first-order chi connectivity index (χ1) is 6.77. The second-order valence-electron chi connectivity index (χ2n) is 3.06. The largest absolute Gasteiger partial charge is 0.328 e. The highest BCUT2D eigenvalue weighted by molar-refractivity contribution is 7.09. The summed E-state index contributed by atoms with van der Waals surface area (Å²) in [5, 5.41) is 11.3. The summed E-state index contributed by atoms with van der Waals surface area (Å²) in [4.78, 5) is 0. The molecule has 0 saturated carbocycles. The smallest absolute Gasteiger partial charge is 0.229 e. The van der Waals surface area contributed by atoms with E-state index in [-0.39, 0.29) is 0 Å². The molecule has 0 unspecified atom stereocenters. The Balaban J connectivity index is 2.33. The lowest BCUT2D eigenvalue weighted by atomic mass is 10.1. The minimum Gasteiger partial charge on any atom is -0.328 e. The van der Waals surface area contributed by atoms with Crippen LogP contribution in [0, 0.1) is 13.8 Å². The summed E-state index contributed by atoms with van der Waals surface area (Å²) >= 11 is 1.25. The molecule has 1 aromatic heterocycles. The van der Waals surface area contributed by atoms with Crippen molar-refractivity contribution in [3.05, 3.63) is 29.3 Å². The number of hydrogen-bond acceptors (Lipinski definition) is 5. The molecule has 0 aliphatic rings. The number of nitrogens with one attached hydrogen (secondary N) is 1. The molecule has 0 aliphatic heterocycles. The second kappa shape index (κ2) is 3.71. The van der Waals surface area contributed by atoms with Crippen LogP contribution in [-0.4, -0.2) is 14.8 Å². The van der Waals surface area contributed by atoms with Crippen molar-refractivity contribution in [2.75, 3.05) is 5.32 Å². The van der Waals surface area contributed by atoms with Gasteiger partial charge in [-0.1, -0.05) is 27.8 Å². The maximum absolute atomic E-state index is 3.84. The van der Waals surface area contributed by atoms with Gasteiger partial charge in [-0.3, -0.25) is 0 Å². The van der Waals surface area contributed by atoms with E-state index in [9.17, 15) is 0 Å². The topological polar surface area (TPSA) is 50.7 Å². The molecule has 0 bridgehead atoms. The van der Waals surface area contributed by atoms with Gasteiger partial charge >= 0.3 is 0 Å². The highest BCUT2D eigenvalue weighted by Gasteiger charge is 2.04. The Labute approximate surface area is 86.1 Å². The van der Waals surface area contributed by atoms with Crippen molar-refractivity contribution in [2.24, 2.45) is 0 Å². The molecule has 1 N–H and O–H groups in total. The summed E-state index contributed by atoms with van der Waals surface area (Å²) in [6.45, 7) is 4.12. The van der Waals surface area contributed by atoms with Gasteiger partial charge in [0.2, 0.25) is 5.13 Å². The molecule has 0 amide bonds. The van der Waals surface area contributed by atoms with Crippen LogP contribution in [0.25, 0.3) is 0 Å². The Morgan fingerprint density at radius 1 is 1.21 bits per heavy atom. The third-order valence-electron chi connectivity index (χ3n) is 2.01. The molecule has 72 valence electrons. The predicted molar refractivity (Wildman–Crippen MR) is 56.9 cm³/mol. The van der Waals surface area contributed by atoms with Gasteiger partial charge in [-0.15, -0.1) is 0 Å². The molecule has 1 aromatic carbocycles. The van der Waals surface area contributed by atoms with Crippen molar-refractivity contribution in [3.8, 4) is 0 Å². The monoisotopic (exact) mass is 206 g/mol. The maximum atomic E-state index is 3.84. The molecule has 5 heteroatoms. The fraction of sp³-hybridized carbons (Fsp3) is 0.222. The van der Waals surface area contributed by atoms with Crippen LogP contribution in [0.2, 0.25) is 0 Å². The van der Waals surface area contributed by atoms with Crippen molar-refractivity contribution in [2.45, 2.75) is 13.8 Å². The summed E-state index contributed by atoms with van der Waals surface area (Å²) in [6.07, 6.45) is 0. The van der Waals surface area contributed by atoms with Crippen LogP contribution in [0.1, 0.15) is 11.1 Å². The maximum Gasteiger partial charge on any atom is 0.229 e. The number of para-hydroxylation sites is 1. The van der Waals surface area contributed by atoms with Gasteiger partial charge in [0.05, 0.1) is 0 Å². The quantitative estimate of drug-likeness (QED) is 0.819. The number of rotatable bonds is 2. The zero-order valence-electron chi connectivity index (χ0n) is 7.98. The number of hydrogen-bond donors (Lipinski definition) is 1. The fourth-order valence-electron chi connectivity index (χ4n) is 1.30. The van der Waals surface area contributed by atoms with E-state index in [1.165, 1.54) is 22.7 Å². The zero-order valence-corrected chi connectivity index (χ0v) is 8.80. The SMILES string of the molecule is Cc1cccc(C)c1Nc1nnns1. The van der Waals surface area contributed by atoms with Gasteiger partial charge in [0.25, 0.3) is 0 Å². The first kappa shape index (κ1) is 9.08. The molecular formula is C9H10N4S. The predicted octanol–water partition coefficient (Wildman–Crippen LogP) is 2.29. The number of anilines is 2. The summed E-state index contributed by atoms with van der Waals surface area (Å²) in [5.74, 6) is 0. The first-order valence-corrected chi connectivity index (χ1v) is 5.03. The lowest BCUT2D eigenvalue weighted by molar-refractivity contribution is 0.961. The minimum atomic E-state index is 0.724. The Kier molecular flexibility index (Phi) is 2.41. The van der Waals surface area contributed by atoms with E-state index in [2.05, 4.69) is 46.1 Å². The Bertz CT molecular complexity index is 404.